The van der Waals surface area contributed by atoms with Crippen molar-refractivity contribution in [2.75, 3.05) is 24.7 Å². The minimum Gasteiger partial charge on any atom is -0.465 e. The molecule has 6 atom stereocenters. The van der Waals surface area contributed by atoms with Crippen molar-refractivity contribution in [2.24, 2.45) is 11.8 Å². The number of likely N-dealkylation sites (tertiary alicyclic amines) is 1. The third-order valence-corrected chi connectivity index (χ3v) is 9.45. The van der Waals surface area contributed by atoms with Gasteiger partial charge in [0.25, 0.3) is 5.91 Å². The molecule has 42 heavy (non-hydrogen) atoms. The van der Waals surface area contributed by atoms with E-state index in [1.54, 1.807) is 35.2 Å². The Labute approximate surface area is 250 Å². The third kappa shape index (κ3) is 4.48. The first-order valence-corrected chi connectivity index (χ1v) is 15.0. The number of anilines is 1. The largest absolute Gasteiger partial charge is 0.465 e. The molecule has 2 aromatic carbocycles. The Hall–Kier alpha value is -3.46. The van der Waals surface area contributed by atoms with Gasteiger partial charge in [0.1, 0.15) is 23.2 Å². The van der Waals surface area contributed by atoms with E-state index in [2.05, 4.69) is 0 Å². The van der Waals surface area contributed by atoms with E-state index >= 15 is 0 Å². The van der Waals surface area contributed by atoms with Crippen LogP contribution in [-0.2, 0) is 30.3 Å². The minimum absolute atomic E-state index is 0.200. The Kier molecular flexibility index (Phi) is 7.72. The molecule has 8 nitrogen and oxygen atoms in total. The molecule has 0 saturated carbocycles. The topological polar surface area (TPSA) is 96.4 Å². The minimum atomic E-state index is -1.46. The molecule has 2 fully saturated rings. The number of rotatable bonds is 6. The Bertz CT molecular complexity index is 1430. The molecule has 9 heteroatoms. The first-order chi connectivity index (χ1) is 20.4. The number of cyclic esters (lactones) is 1. The van der Waals surface area contributed by atoms with Gasteiger partial charge in [-0.25, -0.2) is 0 Å². The second-order valence-electron chi connectivity index (χ2n) is 11.4. The number of carbonyl (C=O) groups is 3. The molecule has 4 heterocycles. The maximum atomic E-state index is 14.8. The van der Waals surface area contributed by atoms with Gasteiger partial charge in [-0.15, -0.1) is 0 Å². The standard InChI is InChI=1S/C33H35ClN2O6/c1-2-32-16-9-4-10-19-41-31(40)27(32)26-29(38)36(23(21-37)20-22-12-5-3-6-13-22)28-30(39)35(18-11-17-33(26,28)42-32)25-15-8-7-14-24(25)34/h3,5-9,11-17,23,26-28,37H,2,4,10,18-21H2,1H3/b16-9-/t23-,26+,27-,28?,32+,33+/m1/s1. The van der Waals surface area contributed by atoms with Crippen LogP contribution in [0.25, 0.3) is 0 Å². The number of nitrogens with zero attached hydrogens (tertiary/aromatic N) is 2. The number of hydrogen-bond donors (Lipinski definition) is 1. The molecule has 1 N–H and O–H groups in total. The van der Waals surface area contributed by atoms with Crippen molar-refractivity contribution in [1.82, 2.24) is 4.90 Å². The number of amides is 2. The fourth-order valence-electron chi connectivity index (χ4n) is 7.23. The Morgan fingerprint density at radius 2 is 1.76 bits per heavy atom. The number of esters is 1. The second kappa shape index (κ2) is 11.3. The molecule has 0 bridgehead atoms. The number of aliphatic hydroxyl groups excluding tert-OH is 1. The van der Waals surface area contributed by atoms with Gasteiger partial charge in [-0.3, -0.25) is 14.4 Å². The zero-order valence-corrected chi connectivity index (χ0v) is 24.3. The fraction of sp³-hybridized carbons (Fsp3) is 0.424. The van der Waals surface area contributed by atoms with Crippen LogP contribution < -0.4 is 4.90 Å². The number of allylic oxidation sites excluding steroid dienone is 1. The molecule has 4 aliphatic rings. The highest BCUT2D eigenvalue weighted by Crippen LogP contribution is 2.58. The van der Waals surface area contributed by atoms with Gasteiger partial charge in [0.05, 0.1) is 35.9 Å². The quantitative estimate of drug-likeness (QED) is 0.402. The number of ether oxygens (including phenoxy) is 2. The van der Waals surface area contributed by atoms with E-state index in [0.29, 0.717) is 36.4 Å². The van der Waals surface area contributed by atoms with Crippen LogP contribution in [0.2, 0.25) is 5.02 Å². The van der Waals surface area contributed by atoms with Crippen molar-refractivity contribution < 1.29 is 29.0 Å². The average molecular weight is 591 g/mol. The van der Waals surface area contributed by atoms with Crippen LogP contribution in [-0.4, -0.2) is 70.8 Å². The van der Waals surface area contributed by atoms with Gasteiger partial charge in [0.2, 0.25) is 5.91 Å². The number of benzene rings is 2. The van der Waals surface area contributed by atoms with Gasteiger partial charge in [-0.2, -0.15) is 0 Å². The molecular formula is C33H35ClN2O6. The molecule has 0 radical (unpaired) electrons. The highest BCUT2D eigenvalue weighted by Gasteiger charge is 2.76. The first-order valence-electron chi connectivity index (χ1n) is 14.6. The summed E-state index contributed by atoms with van der Waals surface area (Å²) in [7, 11) is 0. The maximum Gasteiger partial charge on any atom is 0.313 e. The molecule has 0 aromatic heterocycles. The van der Waals surface area contributed by atoms with Crippen molar-refractivity contribution in [3.63, 3.8) is 0 Å². The molecule has 4 aliphatic heterocycles. The number of para-hydroxylation sites is 1. The summed E-state index contributed by atoms with van der Waals surface area (Å²) >= 11 is 6.57. The number of hydrogen-bond acceptors (Lipinski definition) is 6. The lowest BCUT2D eigenvalue weighted by molar-refractivity contribution is -0.161. The average Bonchev–Trinajstić information content (AvgIpc) is 3.38. The van der Waals surface area contributed by atoms with Crippen LogP contribution in [0.5, 0.6) is 0 Å². The highest BCUT2D eigenvalue weighted by atomic mass is 35.5. The maximum absolute atomic E-state index is 14.8. The lowest BCUT2D eigenvalue weighted by Crippen LogP contribution is -2.59. The molecule has 2 saturated heterocycles. The zero-order valence-electron chi connectivity index (χ0n) is 23.5. The summed E-state index contributed by atoms with van der Waals surface area (Å²) < 4.78 is 12.7. The highest BCUT2D eigenvalue weighted by molar-refractivity contribution is 6.34. The summed E-state index contributed by atoms with van der Waals surface area (Å²) in [5, 5.41) is 11.1. The van der Waals surface area contributed by atoms with Crippen molar-refractivity contribution in [1.29, 1.82) is 0 Å². The smallest absolute Gasteiger partial charge is 0.313 e. The van der Waals surface area contributed by atoms with Gasteiger partial charge in [0.15, 0.2) is 0 Å². The lowest BCUT2D eigenvalue weighted by Gasteiger charge is -2.41. The van der Waals surface area contributed by atoms with Crippen molar-refractivity contribution in [3.05, 3.63) is 89.5 Å². The van der Waals surface area contributed by atoms with Crippen molar-refractivity contribution >= 4 is 35.1 Å². The van der Waals surface area contributed by atoms with E-state index in [9.17, 15) is 19.5 Å². The summed E-state index contributed by atoms with van der Waals surface area (Å²) in [5.74, 6) is -3.27. The number of carbonyl (C=O) groups excluding carboxylic acids is 3. The number of fused-ring (bicyclic) bond motifs is 2. The molecule has 1 spiro atoms. The molecule has 1 unspecified atom stereocenters. The second-order valence-corrected chi connectivity index (χ2v) is 11.8. The number of halogens is 1. The van der Waals surface area contributed by atoms with E-state index < -0.39 is 47.0 Å². The Morgan fingerprint density at radius 1 is 1.00 bits per heavy atom. The van der Waals surface area contributed by atoms with E-state index in [-0.39, 0.29) is 25.7 Å². The molecule has 2 aromatic rings. The molecule has 220 valence electrons. The van der Waals surface area contributed by atoms with Gasteiger partial charge in [0, 0.05) is 6.54 Å². The third-order valence-electron chi connectivity index (χ3n) is 9.13. The first kappa shape index (κ1) is 28.6. The van der Waals surface area contributed by atoms with Gasteiger partial charge in [-0.1, -0.05) is 85.3 Å². The summed E-state index contributed by atoms with van der Waals surface area (Å²) in [6.45, 7) is 1.98. The van der Waals surface area contributed by atoms with E-state index in [0.717, 1.165) is 5.56 Å². The van der Waals surface area contributed by atoms with Gasteiger partial charge in [-0.05, 0) is 43.4 Å². The van der Waals surface area contributed by atoms with Gasteiger partial charge >= 0.3 is 5.97 Å². The Morgan fingerprint density at radius 3 is 2.50 bits per heavy atom. The molecule has 2 amide bonds. The lowest BCUT2D eigenvalue weighted by atomic mass is 9.73. The SMILES string of the molecule is CC[C@]12/C=C\CCCOC(=O)[C@H]1[C@H]1C(=O)N([C@@H](CO)Cc3ccccc3)C3C(=O)N(c4ccccc4Cl)CC=C[C@@]31O2. The molecule has 0 aliphatic carbocycles. The van der Waals surface area contributed by atoms with Crippen LogP contribution in [0.4, 0.5) is 5.69 Å². The van der Waals surface area contributed by atoms with Gasteiger partial charge < -0.3 is 24.4 Å². The predicted molar refractivity (Wildman–Crippen MR) is 158 cm³/mol. The van der Waals surface area contributed by atoms with Crippen LogP contribution in [0.1, 0.15) is 31.7 Å². The Balaban J connectivity index is 1.53. The fourth-order valence-corrected chi connectivity index (χ4v) is 7.47. The monoisotopic (exact) mass is 590 g/mol. The molecular weight excluding hydrogens is 556 g/mol. The zero-order chi connectivity index (χ0) is 29.5. The van der Waals surface area contributed by atoms with E-state index in [1.165, 1.54) is 4.90 Å². The number of aliphatic hydroxyl groups is 1. The summed E-state index contributed by atoms with van der Waals surface area (Å²) in [6.07, 6.45) is 9.59. The van der Waals surface area contributed by atoms with Crippen LogP contribution in [0, 0.1) is 11.8 Å². The van der Waals surface area contributed by atoms with E-state index in [1.807, 2.05) is 55.5 Å². The molecule has 6 rings (SSSR count). The van der Waals surface area contributed by atoms with Crippen LogP contribution in [0.3, 0.4) is 0 Å². The van der Waals surface area contributed by atoms with E-state index in [4.69, 9.17) is 21.1 Å². The van der Waals surface area contributed by atoms with Crippen molar-refractivity contribution in [2.45, 2.75) is 55.9 Å². The summed E-state index contributed by atoms with van der Waals surface area (Å²) in [6, 6.07) is 14.7. The predicted octanol–water partition coefficient (Wildman–Crippen LogP) is 4.10. The normalized spacial score (nSPS) is 32.2. The van der Waals surface area contributed by atoms with Crippen LogP contribution in [0.15, 0.2) is 78.9 Å². The van der Waals surface area contributed by atoms with Crippen LogP contribution >= 0.6 is 11.6 Å². The summed E-state index contributed by atoms with van der Waals surface area (Å²) in [4.78, 5) is 46.3. The summed E-state index contributed by atoms with van der Waals surface area (Å²) in [5.41, 5.74) is -1.18. The van der Waals surface area contributed by atoms with Crippen molar-refractivity contribution in [3.8, 4) is 0 Å².